The summed E-state index contributed by atoms with van der Waals surface area (Å²) in [6.45, 7) is 2.59. The lowest BCUT2D eigenvalue weighted by Crippen LogP contribution is -2.36. The molecule has 1 heterocycles. The molecule has 0 aromatic heterocycles. The molecule has 1 aliphatic heterocycles. The van der Waals surface area contributed by atoms with Crippen LogP contribution in [-0.2, 0) is 11.3 Å². The van der Waals surface area contributed by atoms with Crippen LogP contribution in [0, 0.1) is 5.82 Å². The molecule has 0 aliphatic carbocycles. The quantitative estimate of drug-likeness (QED) is 0.839. The summed E-state index contributed by atoms with van der Waals surface area (Å²) in [5, 5.41) is 0. The van der Waals surface area contributed by atoms with E-state index in [2.05, 4.69) is 0 Å². The van der Waals surface area contributed by atoms with Gasteiger partial charge in [-0.05, 0) is 43.7 Å². The monoisotopic (exact) mass is 265 g/mol. The highest BCUT2D eigenvalue weighted by atomic mass is 19.1. The van der Waals surface area contributed by atoms with Crippen LogP contribution in [0.25, 0.3) is 0 Å². The Morgan fingerprint density at radius 2 is 2.05 bits per heavy atom. The zero-order chi connectivity index (χ0) is 13.8. The number of carbonyl (C=O) groups is 1. The molecule has 4 nitrogen and oxygen atoms in total. The van der Waals surface area contributed by atoms with E-state index < -0.39 is 0 Å². The van der Waals surface area contributed by atoms with Crippen LogP contribution in [0.4, 0.5) is 10.1 Å². The van der Waals surface area contributed by atoms with Gasteiger partial charge in [-0.1, -0.05) is 0 Å². The summed E-state index contributed by atoms with van der Waals surface area (Å²) in [6.07, 6.45) is 2.19. The van der Waals surface area contributed by atoms with E-state index in [9.17, 15) is 9.18 Å². The number of likely N-dealkylation sites (tertiary alicyclic amines) is 1. The Kier molecular flexibility index (Phi) is 4.37. The summed E-state index contributed by atoms with van der Waals surface area (Å²) < 4.78 is 13.2. The molecule has 2 rings (SSSR count). The maximum absolute atomic E-state index is 13.2. The number of hydrogen-bond acceptors (Lipinski definition) is 3. The number of likely N-dealkylation sites (N-methyl/N-ethyl adjacent to an activating group) is 1. The predicted molar refractivity (Wildman–Crippen MR) is 73.0 cm³/mol. The van der Waals surface area contributed by atoms with Crippen molar-refractivity contribution in [2.45, 2.75) is 19.4 Å². The van der Waals surface area contributed by atoms with E-state index in [1.807, 2.05) is 16.8 Å². The molecule has 1 amide bonds. The Labute approximate surface area is 113 Å². The molecule has 1 fully saturated rings. The molecule has 0 atom stereocenters. The van der Waals surface area contributed by atoms with Crippen molar-refractivity contribution in [3.63, 3.8) is 0 Å². The summed E-state index contributed by atoms with van der Waals surface area (Å²) in [5.74, 6) is -0.196. The molecular weight excluding hydrogens is 245 g/mol. The van der Waals surface area contributed by atoms with Gasteiger partial charge in [-0.15, -0.1) is 0 Å². The van der Waals surface area contributed by atoms with Gasteiger partial charge in [0.05, 0.1) is 6.54 Å². The summed E-state index contributed by atoms with van der Waals surface area (Å²) >= 11 is 0. The van der Waals surface area contributed by atoms with Gasteiger partial charge in [-0.3, -0.25) is 9.69 Å². The predicted octanol–water partition coefficient (Wildman–Crippen LogP) is 1.46. The van der Waals surface area contributed by atoms with E-state index in [0.717, 1.165) is 31.5 Å². The van der Waals surface area contributed by atoms with Crippen molar-refractivity contribution in [2.75, 3.05) is 32.4 Å². The minimum atomic E-state index is -0.339. The fourth-order valence-electron chi connectivity index (χ4n) is 2.43. The second kappa shape index (κ2) is 6.02. The highest BCUT2D eigenvalue weighted by Gasteiger charge is 2.19. The number of carbonyl (C=O) groups excluding carboxylic acids is 1. The smallest absolute Gasteiger partial charge is 0.236 e. The molecule has 0 spiro atoms. The molecule has 1 aromatic rings. The first-order valence-electron chi connectivity index (χ1n) is 6.56. The van der Waals surface area contributed by atoms with Crippen molar-refractivity contribution in [3.8, 4) is 0 Å². The third kappa shape index (κ3) is 3.92. The molecule has 0 radical (unpaired) electrons. The van der Waals surface area contributed by atoms with Gasteiger partial charge in [0, 0.05) is 25.3 Å². The van der Waals surface area contributed by atoms with Crippen LogP contribution < -0.4 is 5.73 Å². The standard InChI is InChI=1S/C14H20FN3O/c1-17(10-14(19)18-4-2-3-5-18)9-11-6-12(15)8-13(16)7-11/h6-8H,2-5,9-10,16H2,1H3. The molecule has 1 aliphatic rings. The zero-order valence-electron chi connectivity index (χ0n) is 11.2. The van der Waals surface area contributed by atoms with Crippen LogP contribution in [0.2, 0.25) is 0 Å². The third-order valence-corrected chi connectivity index (χ3v) is 3.30. The lowest BCUT2D eigenvalue weighted by Gasteiger charge is -2.21. The van der Waals surface area contributed by atoms with E-state index in [1.54, 1.807) is 6.07 Å². The van der Waals surface area contributed by atoms with Gasteiger partial charge >= 0.3 is 0 Å². The fourth-order valence-corrected chi connectivity index (χ4v) is 2.43. The number of halogens is 1. The molecule has 5 heteroatoms. The summed E-state index contributed by atoms with van der Waals surface area (Å²) in [4.78, 5) is 15.7. The summed E-state index contributed by atoms with van der Waals surface area (Å²) in [7, 11) is 1.86. The Hall–Kier alpha value is -1.62. The Balaban J connectivity index is 1.89. The number of nitrogens with zero attached hydrogens (tertiary/aromatic N) is 2. The number of rotatable bonds is 4. The van der Waals surface area contributed by atoms with Gasteiger partial charge in [0.25, 0.3) is 0 Å². The first kappa shape index (κ1) is 13.8. The van der Waals surface area contributed by atoms with Crippen molar-refractivity contribution in [2.24, 2.45) is 0 Å². The van der Waals surface area contributed by atoms with Crippen LogP contribution >= 0.6 is 0 Å². The average Bonchev–Trinajstić information content (AvgIpc) is 2.80. The number of anilines is 1. The Morgan fingerprint density at radius 1 is 1.37 bits per heavy atom. The van der Waals surface area contributed by atoms with Crippen LogP contribution in [0.5, 0.6) is 0 Å². The van der Waals surface area contributed by atoms with E-state index in [1.165, 1.54) is 12.1 Å². The number of benzene rings is 1. The summed E-state index contributed by atoms with van der Waals surface area (Å²) in [6, 6.07) is 4.48. The maximum atomic E-state index is 13.2. The molecule has 2 N–H and O–H groups in total. The van der Waals surface area contributed by atoms with Gasteiger partial charge in [-0.2, -0.15) is 0 Å². The summed E-state index contributed by atoms with van der Waals surface area (Å²) in [5.41, 5.74) is 6.80. The number of amides is 1. The topological polar surface area (TPSA) is 49.6 Å². The van der Waals surface area contributed by atoms with Gasteiger partial charge in [-0.25, -0.2) is 4.39 Å². The highest BCUT2D eigenvalue weighted by Crippen LogP contribution is 2.13. The van der Waals surface area contributed by atoms with Crippen molar-refractivity contribution in [3.05, 3.63) is 29.6 Å². The van der Waals surface area contributed by atoms with Gasteiger partial charge in [0.2, 0.25) is 5.91 Å². The van der Waals surface area contributed by atoms with E-state index in [0.29, 0.717) is 18.8 Å². The molecule has 1 aromatic carbocycles. The SMILES string of the molecule is CN(CC(=O)N1CCCC1)Cc1cc(N)cc(F)c1. The number of nitrogen functional groups attached to an aromatic ring is 1. The molecule has 0 unspecified atom stereocenters. The van der Waals surface area contributed by atoms with Crippen molar-refractivity contribution in [1.82, 2.24) is 9.80 Å². The molecule has 0 saturated carbocycles. The molecule has 19 heavy (non-hydrogen) atoms. The first-order chi connectivity index (χ1) is 9.04. The van der Waals surface area contributed by atoms with E-state index in [4.69, 9.17) is 5.73 Å². The average molecular weight is 265 g/mol. The minimum Gasteiger partial charge on any atom is -0.399 e. The second-order valence-electron chi connectivity index (χ2n) is 5.15. The number of hydrogen-bond donors (Lipinski definition) is 1. The van der Waals surface area contributed by atoms with Crippen LogP contribution in [0.3, 0.4) is 0 Å². The van der Waals surface area contributed by atoms with Gasteiger partial charge < -0.3 is 10.6 Å². The first-order valence-corrected chi connectivity index (χ1v) is 6.56. The lowest BCUT2D eigenvalue weighted by molar-refractivity contribution is -0.131. The van der Waals surface area contributed by atoms with Crippen molar-refractivity contribution < 1.29 is 9.18 Å². The molecule has 1 saturated heterocycles. The minimum absolute atomic E-state index is 0.143. The van der Waals surface area contributed by atoms with Crippen molar-refractivity contribution >= 4 is 11.6 Å². The number of nitrogens with two attached hydrogens (primary N) is 1. The Bertz CT molecular complexity index is 438. The van der Waals surface area contributed by atoms with Crippen molar-refractivity contribution in [1.29, 1.82) is 0 Å². The largest absolute Gasteiger partial charge is 0.399 e. The van der Waals surface area contributed by atoms with Gasteiger partial charge in [0.1, 0.15) is 5.82 Å². The lowest BCUT2D eigenvalue weighted by atomic mass is 10.2. The van der Waals surface area contributed by atoms with Crippen LogP contribution in [0.15, 0.2) is 18.2 Å². The molecule has 0 bridgehead atoms. The highest BCUT2D eigenvalue weighted by molar-refractivity contribution is 5.78. The van der Waals surface area contributed by atoms with E-state index in [-0.39, 0.29) is 11.7 Å². The second-order valence-corrected chi connectivity index (χ2v) is 5.15. The maximum Gasteiger partial charge on any atom is 0.236 e. The molecular formula is C14H20FN3O. The van der Waals surface area contributed by atoms with E-state index >= 15 is 0 Å². The molecule has 104 valence electrons. The Morgan fingerprint density at radius 3 is 2.68 bits per heavy atom. The van der Waals surface area contributed by atoms with Gasteiger partial charge in [0.15, 0.2) is 0 Å². The normalized spacial score (nSPS) is 15.2. The van der Waals surface area contributed by atoms with Crippen LogP contribution in [0.1, 0.15) is 18.4 Å². The zero-order valence-corrected chi connectivity index (χ0v) is 11.2. The van der Waals surface area contributed by atoms with Crippen LogP contribution in [-0.4, -0.2) is 42.4 Å². The third-order valence-electron chi connectivity index (χ3n) is 3.30. The fraction of sp³-hybridized carbons (Fsp3) is 0.500.